The highest BCUT2D eigenvalue weighted by Gasteiger charge is 2.05. The van der Waals surface area contributed by atoms with Crippen molar-refractivity contribution in [3.8, 4) is 0 Å². The number of carbonyl (C=O) groups is 1. The van der Waals surface area contributed by atoms with Crippen LogP contribution in [0.4, 0.5) is 5.69 Å². The number of ketones is 1. The van der Waals surface area contributed by atoms with E-state index in [1.165, 1.54) is 11.8 Å². The van der Waals surface area contributed by atoms with Gasteiger partial charge < -0.3 is 5.32 Å². The second-order valence-electron chi connectivity index (χ2n) is 4.07. The summed E-state index contributed by atoms with van der Waals surface area (Å²) in [5.41, 5.74) is 1.58. The van der Waals surface area contributed by atoms with Crippen molar-refractivity contribution >= 4 is 34.8 Å². The molecule has 0 spiro atoms. The molecule has 2 rings (SSSR count). The summed E-state index contributed by atoms with van der Waals surface area (Å²) in [7, 11) is 0. The van der Waals surface area contributed by atoms with E-state index in [2.05, 4.69) is 5.32 Å². The molecule has 20 heavy (non-hydrogen) atoms. The van der Waals surface area contributed by atoms with E-state index in [0.29, 0.717) is 10.6 Å². The zero-order chi connectivity index (χ0) is 14.4. The maximum atomic E-state index is 12.1. The topological polar surface area (TPSA) is 29.1 Å². The number of para-hydroxylation sites is 1. The normalized spacial score (nSPS) is 11.2. The minimum atomic E-state index is -0.0468. The first-order valence-corrected chi connectivity index (χ1v) is 7.67. The molecule has 102 valence electrons. The molecule has 2 nitrogen and oxygen atoms in total. The van der Waals surface area contributed by atoms with E-state index in [4.69, 9.17) is 11.6 Å². The maximum Gasteiger partial charge on any atom is 0.188 e. The van der Waals surface area contributed by atoms with Gasteiger partial charge >= 0.3 is 0 Å². The second-order valence-corrected chi connectivity index (χ2v) is 5.36. The van der Waals surface area contributed by atoms with Gasteiger partial charge in [-0.05, 0) is 42.7 Å². The third kappa shape index (κ3) is 4.15. The molecule has 0 bridgehead atoms. The molecule has 1 N–H and O–H groups in total. The fraction of sp³-hybridized carbons (Fsp3) is 0.0625. The molecule has 0 fully saturated rings. The monoisotopic (exact) mass is 303 g/mol. The molecule has 2 aromatic rings. The number of hydrogen-bond acceptors (Lipinski definition) is 3. The molecule has 0 saturated carbocycles. The lowest BCUT2D eigenvalue weighted by Gasteiger charge is -2.08. The van der Waals surface area contributed by atoms with Crippen LogP contribution < -0.4 is 5.32 Å². The SMILES string of the molecule is CS/C(=C\C(=O)c1ccc(Cl)cc1)Nc1ccccc1. The van der Waals surface area contributed by atoms with Gasteiger partial charge in [0.1, 0.15) is 0 Å². The van der Waals surface area contributed by atoms with Gasteiger partial charge in [-0.15, -0.1) is 11.8 Å². The van der Waals surface area contributed by atoms with Crippen molar-refractivity contribution in [3.05, 3.63) is 76.3 Å². The van der Waals surface area contributed by atoms with Crippen LogP contribution in [-0.4, -0.2) is 12.0 Å². The van der Waals surface area contributed by atoms with Crippen molar-refractivity contribution in [2.75, 3.05) is 11.6 Å². The van der Waals surface area contributed by atoms with Crippen molar-refractivity contribution in [3.63, 3.8) is 0 Å². The number of halogens is 1. The Morgan fingerprint density at radius 1 is 1.10 bits per heavy atom. The van der Waals surface area contributed by atoms with Crippen LogP contribution in [0.15, 0.2) is 65.7 Å². The number of nitrogens with one attached hydrogen (secondary N) is 1. The number of carbonyl (C=O) groups excluding carboxylic acids is 1. The molecule has 2 aromatic carbocycles. The second kappa shape index (κ2) is 7.17. The molecule has 0 aromatic heterocycles. The van der Waals surface area contributed by atoms with Crippen LogP contribution in [0.3, 0.4) is 0 Å². The molecule has 4 heteroatoms. The highest BCUT2D eigenvalue weighted by atomic mass is 35.5. The standard InChI is InChI=1S/C16H14ClNOS/c1-20-16(18-14-5-3-2-4-6-14)11-15(19)12-7-9-13(17)10-8-12/h2-11,18H,1H3/b16-11-. The molecule has 0 radical (unpaired) electrons. The molecule has 0 amide bonds. The minimum Gasteiger partial charge on any atom is -0.350 e. The third-order valence-electron chi connectivity index (χ3n) is 2.65. The van der Waals surface area contributed by atoms with Gasteiger partial charge in [0.05, 0.1) is 5.03 Å². The van der Waals surface area contributed by atoms with E-state index < -0.39 is 0 Å². The molecule has 0 atom stereocenters. The van der Waals surface area contributed by atoms with E-state index >= 15 is 0 Å². The molecule has 0 unspecified atom stereocenters. The Labute approximate surface area is 127 Å². The number of hydrogen-bond donors (Lipinski definition) is 1. The Balaban J connectivity index is 2.14. The summed E-state index contributed by atoms with van der Waals surface area (Å²) in [4.78, 5) is 12.1. The third-order valence-corrected chi connectivity index (χ3v) is 3.56. The average Bonchev–Trinajstić information content (AvgIpc) is 2.48. The van der Waals surface area contributed by atoms with Crippen LogP contribution in [0, 0.1) is 0 Å². The molecule has 0 aliphatic carbocycles. The summed E-state index contributed by atoms with van der Waals surface area (Å²) >= 11 is 7.31. The first kappa shape index (κ1) is 14.7. The molecule has 0 aliphatic rings. The predicted octanol–water partition coefficient (Wildman–Crippen LogP) is 4.84. The maximum absolute atomic E-state index is 12.1. The summed E-state index contributed by atoms with van der Waals surface area (Å²) in [6.45, 7) is 0. The molecular formula is C16H14ClNOS. The van der Waals surface area contributed by atoms with Crippen molar-refractivity contribution in [1.82, 2.24) is 0 Å². The Bertz CT molecular complexity index is 608. The zero-order valence-corrected chi connectivity index (χ0v) is 12.5. The fourth-order valence-corrected chi connectivity index (χ4v) is 2.20. The van der Waals surface area contributed by atoms with Crippen molar-refractivity contribution in [1.29, 1.82) is 0 Å². The van der Waals surface area contributed by atoms with Crippen molar-refractivity contribution in [2.45, 2.75) is 0 Å². The van der Waals surface area contributed by atoms with Crippen molar-refractivity contribution < 1.29 is 4.79 Å². The first-order chi connectivity index (χ1) is 9.69. The highest BCUT2D eigenvalue weighted by molar-refractivity contribution is 8.02. The molecular weight excluding hydrogens is 290 g/mol. The smallest absolute Gasteiger partial charge is 0.188 e. The average molecular weight is 304 g/mol. The van der Waals surface area contributed by atoms with E-state index in [0.717, 1.165) is 10.7 Å². The van der Waals surface area contributed by atoms with E-state index in [1.807, 2.05) is 36.6 Å². The Kier molecular flexibility index (Phi) is 5.27. The fourth-order valence-electron chi connectivity index (χ4n) is 1.63. The summed E-state index contributed by atoms with van der Waals surface area (Å²) < 4.78 is 0. The van der Waals surface area contributed by atoms with E-state index in [-0.39, 0.29) is 5.78 Å². The van der Waals surface area contributed by atoms with Crippen LogP contribution in [0.5, 0.6) is 0 Å². The highest BCUT2D eigenvalue weighted by Crippen LogP contribution is 2.18. The lowest BCUT2D eigenvalue weighted by molar-refractivity contribution is 0.104. The number of allylic oxidation sites excluding steroid dienone is 1. The lowest BCUT2D eigenvalue weighted by Crippen LogP contribution is -2.01. The minimum absolute atomic E-state index is 0.0468. The van der Waals surface area contributed by atoms with Gasteiger partial charge in [-0.1, -0.05) is 29.8 Å². The van der Waals surface area contributed by atoms with Crippen LogP contribution in [-0.2, 0) is 0 Å². The van der Waals surface area contributed by atoms with Gasteiger partial charge in [-0.2, -0.15) is 0 Å². The number of anilines is 1. The van der Waals surface area contributed by atoms with Gasteiger partial charge in [-0.25, -0.2) is 0 Å². The summed E-state index contributed by atoms with van der Waals surface area (Å²) in [5, 5.41) is 4.64. The van der Waals surface area contributed by atoms with Crippen LogP contribution >= 0.6 is 23.4 Å². The lowest BCUT2D eigenvalue weighted by atomic mass is 10.1. The molecule has 0 heterocycles. The summed E-state index contributed by atoms with van der Waals surface area (Å²) in [6, 6.07) is 16.6. The number of rotatable bonds is 5. The summed E-state index contributed by atoms with van der Waals surface area (Å²) in [5.74, 6) is -0.0468. The van der Waals surface area contributed by atoms with Crippen LogP contribution in [0.1, 0.15) is 10.4 Å². The largest absolute Gasteiger partial charge is 0.350 e. The summed E-state index contributed by atoms with van der Waals surface area (Å²) in [6.07, 6.45) is 3.53. The Hall–Kier alpha value is -1.71. The van der Waals surface area contributed by atoms with Gasteiger partial charge in [0.25, 0.3) is 0 Å². The Morgan fingerprint density at radius 3 is 2.35 bits per heavy atom. The van der Waals surface area contributed by atoms with Gasteiger partial charge in [0.2, 0.25) is 0 Å². The van der Waals surface area contributed by atoms with Gasteiger partial charge in [0, 0.05) is 22.3 Å². The van der Waals surface area contributed by atoms with Crippen molar-refractivity contribution in [2.24, 2.45) is 0 Å². The van der Waals surface area contributed by atoms with E-state index in [9.17, 15) is 4.79 Å². The van der Waals surface area contributed by atoms with Crippen LogP contribution in [0.2, 0.25) is 5.02 Å². The predicted molar refractivity (Wildman–Crippen MR) is 87.4 cm³/mol. The quantitative estimate of drug-likeness (QED) is 0.633. The van der Waals surface area contributed by atoms with E-state index in [1.54, 1.807) is 30.3 Å². The molecule has 0 aliphatic heterocycles. The van der Waals surface area contributed by atoms with Gasteiger partial charge in [-0.3, -0.25) is 4.79 Å². The van der Waals surface area contributed by atoms with Gasteiger partial charge in [0.15, 0.2) is 5.78 Å². The Morgan fingerprint density at radius 2 is 1.75 bits per heavy atom. The number of benzene rings is 2. The molecule has 0 saturated heterocycles. The number of thioether (sulfide) groups is 1. The zero-order valence-electron chi connectivity index (χ0n) is 11.0. The van der Waals surface area contributed by atoms with Crippen LogP contribution in [0.25, 0.3) is 0 Å². The first-order valence-electron chi connectivity index (χ1n) is 6.06.